The Labute approximate surface area is 143 Å². The summed E-state index contributed by atoms with van der Waals surface area (Å²) in [6.45, 7) is 0.298. The number of methoxy groups -OCH3 is 3. The van der Waals surface area contributed by atoms with Crippen molar-refractivity contribution in [1.82, 2.24) is 0 Å². The number of nitrogens with zero attached hydrogens (tertiary/aromatic N) is 1. The Morgan fingerprint density at radius 1 is 0.957 bits per heavy atom. The average Bonchev–Trinajstić information content (AvgIpc) is 2.59. The van der Waals surface area contributed by atoms with Crippen molar-refractivity contribution in [2.24, 2.45) is 5.16 Å². The van der Waals surface area contributed by atoms with Crippen LogP contribution in [-0.4, -0.2) is 27.5 Å². The molecule has 0 radical (unpaired) electrons. The lowest BCUT2D eigenvalue weighted by Gasteiger charge is -2.11. The molecule has 5 nitrogen and oxygen atoms in total. The quantitative estimate of drug-likeness (QED) is 0.538. The Morgan fingerprint density at radius 3 is 2.30 bits per heavy atom. The third-order valence-electron chi connectivity index (χ3n) is 3.18. The fourth-order valence-corrected chi connectivity index (χ4v) is 2.42. The zero-order chi connectivity index (χ0) is 16.7. The van der Waals surface area contributed by atoms with Crippen molar-refractivity contribution in [3.05, 3.63) is 52.0 Å². The summed E-state index contributed by atoms with van der Waals surface area (Å²) in [5.74, 6) is 2.04. The van der Waals surface area contributed by atoms with Crippen molar-refractivity contribution in [3.63, 3.8) is 0 Å². The van der Waals surface area contributed by atoms with Gasteiger partial charge in [-0.25, -0.2) is 0 Å². The molecule has 0 amide bonds. The van der Waals surface area contributed by atoms with E-state index >= 15 is 0 Å². The summed E-state index contributed by atoms with van der Waals surface area (Å²) in [7, 11) is 4.81. The standard InChI is InChI=1S/C17H18BrNO4/c1-20-15-7-5-4-6-12(15)10-19-23-11-13-8-16(21-2)17(22-3)9-14(13)18/h4-10H,11H2,1-3H3/b19-10-. The highest BCUT2D eigenvalue weighted by Gasteiger charge is 2.09. The minimum atomic E-state index is 0.298. The minimum Gasteiger partial charge on any atom is -0.496 e. The monoisotopic (exact) mass is 379 g/mol. The van der Waals surface area contributed by atoms with Gasteiger partial charge in [0.25, 0.3) is 0 Å². The lowest BCUT2D eigenvalue weighted by Crippen LogP contribution is -1.96. The van der Waals surface area contributed by atoms with E-state index < -0.39 is 0 Å². The highest BCUT2D eigenvalue weighted by molar-refractivity contribution is 9.10. The summed E-state index contributed by atoms with van der Waals surface area (Å²) in [5, 5.41) is 3.99. The van der Waals surface area contributed by atoms with E-state index in [1.54, 1.807) is 27.5 Å². The molecule has 0 aromatic heterocycles. The van der Waals surface area contributed by atoms with Gasteiger partial charge in [0.05, 0.1) is 27.5 Å². The normalized spacial score (nSPS) is 10.6. The van der Waals surface area contributed by atoms with Crippen molar-refractivity contribution >= 4 is 22.1 Å². The number of para-hydroxylation sites is 1. The molecular formula is C17H18BrNO4. The first kappa shape index (κ1) is 17.1. The summed E-state index contributed by atoms with van der Waals surface area (Å²) in [4.78, 5) is 5.36. The van der Waals surface area contributed by atoms with Crippen LogP contribution in [0.5, 0.6) is 17.2 Å². The first-order valence-electron chi connectivity index (χ1n) is 6.88. The van der Waals surface area contributed by atoms with Gasteiger partial charge >= 0.3 is 0 Å². The smallest absolute Gasteiger partial charge is 0.161 e. The zero-order valence-electron chi connectivity index (χ0n) is 13.2. The van der Waals surface area contributed by atoms with E-state index in [4.69, 9.17) is 19.0 Å². The number of benzene rings is 2. The molecule has 0 unspecified atom stereocenters. The SMILES string of the molecule is COc1ccccc1/C=N\OCc1cc(OC)c(OC)cc1Br. The van der Waals surface area contributed by atoms with Crippen LogP contribution in [0.1, 0.15) is 11.1 Å². The molecule has 0 spiro atoms. The van der Waals surface area contributed by atoms with E-state index in [1.807, 2.05) is 36.4 Å². The van der Waals surface area contributed by atoms with Crippen molar-refractivity contribution in [2.45, 2.75) is 6.61 Å². The van der Waals surface area contributed by atoms with Crippen LogP contribution < -0.4 is 14.2 Å². The van der Waals surface area contributed by atoms with Crippen molar-refractivity contribution in [3.8, 4) is 17.2 Å². The van der Waals surface area contributed by atoms with Crippen LogP contribution in [0, 0.1) is 0 Å². The van der Waals surface area contributed by atoms with Crippen molar-refractivity contribution < 1.29 is 19.0 Å². The van der Waals surface area contributed by atoms with Crippen LogP contribution in [0.4, 0.5) is 0 Å². The van der Waals surface area contributed by atoms with Crippen LogP contribution >= 0.6 is 15.9 Å². The molecule has 0 heterocycles. The maximum Gasteiger partial charge on any atom is 0.161 e. The summed E-state index contributed by atoms with van der Waals surface area (Å²) >= 11 is 3.48. The molecule has 23 heavy (non-hydrogen) atoms. The fraction of sp³-hybridized carbons (Fsp3) is 0.235. The lowest BCUT2D eigenvalue weighted by atomic mass is 10.2. The van der Waals surface area contributed by atoms with Crippen LogP contribution in [0.15, 0.2) is 46.0 Å². The number of halogens is 1. The first-order valence-corrected chi connectivity index (χ1v) is 7.67. The molecule has 0 aliphatic rings. The second-order valence-corrected chi connectivity index (χ2v) is 5.40. The molecule has 0 atom stereocenters. The zero-order valence-corrected chi connectivity index (χ0v) is 14.8. The first-order chi connectivity index (χ1) is 11.2. The number of oxime groups is 1. The van der Waals surface area contributed by atoms with E-state index in [0.29, 0.717) is 18.1 Å². The summed E-state index contributed by atoms with van der Waals surface area (Å²) < 4.78 is 16.6. The Bertz CT molecular complexity index is 688. The number of ether oxygens (including phenoxy) is 3. The van der Waals surface area contributed by atoms with Gasteiger partial charge in [-0.2, -0.15) is 0 Å². The van der Waals surface area contributed by atoms with Gasteiger partial charge in [-0.15, -0.1) is 0 Å². The van der Waals surface area contributed by atoms with E-state index in [-0.39, 0.29) is 0 Å². The van der Waals surface area contributed by atoms with E-state index in [1.165, 1.54) is 0 Å². The molecule has 2 aromatic rings. The molecule has 122 valence electrons. The molecule has 6 heteroatoms. The second kappa shape index (κ2) is 8.43. The van der Waals surface area contributed by atoms with Gasteiger partial charge < -0.3 is 19.0 Å². The highest BCUT2D eigenvalue weighted by atomic mass is 79.9. The molecule has 0 bridgehead atoms. The molecular weight excluding hydrogens is 362 g/mol. The average molecular weight is 380 g/mol. The van der Waals surface area contributed by atoms with Crippen molar-refractivity contribution in [2.75, 3.05) is 21.3 Å². The second-order valence-electron chi connectivity index (χ2n) is 4.55. The van der Waals surface area contributed by atoms with Crippen LogP contribution in [0.2, 0.25) is 0 Å². The van der Waals surface area contributed by atoms with E-state index in [2.05, 4.69) is 21.1 Å². The Hall–Kier alpha value is -2.21. The number of hydrogen-bond acceptors (Lipinski definition) is 5. The maximum absolute atomic E-state index is 5.36. The molecule has 2 aromatic carbocycles. The molecule has 0 aliphatic carbocycles. The molecule has 0 N–H and O–H groups in total. The Balaban J connectivity index is 2.05. The van der Waals surface area contributed by atoms with Crippen LogP contribution in [-0.2, 0) is 11.4 Å². The number of hydrogen-bond donors (Lipinski definition) is 0. The summed E-state index contributed by atoms with van der Waals surface area (Å²) in [6.07, 6.45) is 1.62. The minimum absolute atomic E-state index is 0.298. The molecule has 0 saturated carbocycles. The maximum atomic E-state index is 5.36. The lowest BCUT2D eigenvalue weighted by molar-refractivity contribution is 0.131. The van der Waals surface area contributed by atoms with Gasteiger partial charge in [0.15, 0.2) is 11.5 Å². The van der Waals surface area contributed by atoms with Crippen molar-refractivity contribution in [1.29, 1.82) is 0 Å². The highest BCUT2D eigenvalue weighted by Crippen LogP contribution is 2.33. The molecule has 0 saturated heterocycles. The Morgan fingerprint density at radius 2 is 1.61 bits per heavy atom. The van der Waals surface area contributed by atoms with E-state index in [0.717, 1.165) is 21.3 Å². The van der Waals surface area contributed by atoms with Gasteiger partial charge in [0.1, 0.15) is 12.4 Å². The van der Waals surface area contributed by atoms with Gasteiger partial charge in [0, 0.05) is 15.6 Å². The third kappa shape index (κ3) is 4.39. The summed E-state index contributed by atoms with van der Waals surface area (Å²) in [5.41, 5.74) is 1.75. The third-order valence-corrected chi connectivity index (χ3v) is 3.92. The number of rotatable bonds is 7. The topological polar surface area (TPSA) is 49.3 Å². The summed E-state index contributed by atoms with van der Waals surface area (Å²) in [6, 6.07) is 11.3. The molecule has 0 aliphatic heterocycles. The largest absolute Gasteiger partial charge is 0.496 e. The van der Waals surface area contributed by atoms with E-state index in [9.17, 15) is 0 Å². The van der Waals surface area contributed by atoms with Crippen LogP contribution in [0.25, 0.3) is 0 Å². The molecule has 0 fully saturated rings. The molecule has 2 rings (SSSR count). The fourth-order valence-electron chi connectivity index (χ4n) is 1.98. The van der Waals surface area contributed by atoms with Gasteiger partial charge in [-0.1, -0.05) is 33.2 Å². The van der Waals surface area contributed by atoms with Crippen LogP contribution in [0.3, 0.4) is 0 Å². The predicted octanol–water partition coefficient (Wildman–Crippen LogP) is 4.03. The van der Waals surface area contributed by atoms with Gasteiger partial charge in [0.2, 0.25) is 0 Å². The van der Waals surface area contributed by atoms with Gasteiger partial charge in [-0.3, -0.25) is 0 Å². The predicted molar refractivity (Wildman–Crippen MR) is 92.6 cm³/mol. The Kier molecular flexibility index (Phi) is 6.29. The van der Waals surface area contributed by atoms with Gasteiger partial charge in [-0.05, 0) is 24.3 Å².